The maximum Gasteiger partial charge on any atom is 0.166 e. The minimum absolute atomic E-state index is 0.550. The Morgan fingerprint density at radius 3 is 2.09 bits per heavy atom. The first-order valence-corrected chi connectivity index (χ1v) is 9.96. The Morgan fingerprint density at radius 1 is 1.09 bits per heavy atom. The fourth-order valence-electron chi connectivity index (χ4n) is 5.93. The molecule has 1 atom stereocenters. The van der Waals surface area contributed by atoms with Crippen molar-refractivity contribution in [3.05, 3.63) is 0 Å². The van der Waals surface area contributed by atoms with Crippen LogP contribution in [0.5, 0.6) is 0 Å². The van der Waals surface area contributed by atoms with Gasteiger partial charge in [0.25, 0.3) is 0 Å². The highest BCUT2D eigenvalue weighted by Gasteiger charge is 2.53. The average molecular weight is 323 g/mol. The van der Waals surface area contributed by atoms with Gasteiger partial charge in [-0.2, -0.15) is 0 Å². The fraction of sp³-hybridized carbons (Fsp3) is 0.947. The second kappa shape index (κ2) is 6.67. The lowest BCUT2D eigenvalue weighted by atomic mass is 9.47. The van der Waals surface area contributed by atoms with E-state index in [1.54, 1.807) is 0 Å². The van der Waals surface area contributed by atoms with Gasteiger partial charge in [0.2, 0.25) is 0 Å². The molecule has 0 saturated heterocycles. The van der Waals surface area contributed by atoms with Crippen molar-refractivity contribution in [1.82, 2.24) is 10.6 Å². The molecule has 0 spiro atoms. The predicted octanol–water partition coefficient (Wildman–Crippen LogP) is 4.49. The van der Waals surface area contributed by atoms with Crippen molar-refractivity contribution in [3.8, 4) is 0 Å². The number of nitrogens with one attached hydrogen (secondary N) is 2. The van der Waals surface area contributed by atoms with Gasteiger partial charge in [0, 0.05) is 12.6 Å². The molecule has 4 bridgehead atoms. The number of hydrogen-bond donors (Lipinski definition) is 2. The lowest BCUT2D eigenvalue weighted by molar-refractivity contribution is -0.0720. The van der Waals surface area contributed by atoms with E-state index in [9.17, 15) is 0 Å². The van der Waals surface area contributed by atoms with E-state index in [0.29, 0.717) is 17.4 Å². The third-order valence-corrected chi connectivity index (χ3v) is 6.64. The molecular weight excluding hydrogens is 288 g/mol. The summed E-state index contributed by atoms with van der Waals surface area (Å²) >= 11 is 5.60. The monoisotopic (exact) mass is 322 g/mol. The van der Waals surface area contributed by atoms with Gasteiger partial charge in [-0.05, 0) is 86.3 Å². The van der Waals surface area contributed by atoms with Crippen LogP contribution >= 0.6 is 12.2 Å². The zero-order valence-corrected chi connectivity index (χ0v) is 15.5. The highest BCUT2D eigenvalue weighted by atomic mass is 32.1. The van der Waals surface area contributed by atoms with E-state index in [-0.39, 0.29) is 0 Å². The molecule has 0 radical (unpaired) electrons. The Kier molecular flexibility index (Phi) is 5.01. The minimum atomic E-state index is 0.550. The molecule has 4 aliphatic rings. The Balaban J connectivity index is 1.66. The largest absolute Gasteiger partial charge is 0.362 e. The Bertz CT molecular complexity index is 369. The van der Waals surface area contributed by atoms with Gasteiger partial charge in [0.15, 0.2) is 5.11 Å². The molecule has 0 aromatic carbocycles. The first kappa shape index (κ1) is 16.5. The molecule has 0 heterocycles. The van der Waals surface area contributed by atoms with Crippen LogP contribution in [0.2, 0.25) is 0 Å². The first-order chi connectivity index (χ1) is 10.5. The summed E-state index contributed by atoms with van der Waals surface area (Å²) in [6.45, 7) is 7.77. The molecule has 2 N–H and O–H groups in total. The zero-order valence-electron chi connectivity index (χ0n) is 14.7. The Hall–Kier alpha value is -0.310. The molecule has 0 aromatic rings. The summed E-state index contributed by atoms with van der Waals surface area (Å²) < 4.78 is 0. The van der Waals surface area contributed by atoms with Crippen LogP contribution in [-0.4, -0.2) is 17.7 Å². The third-order valence-electron chi connectivity index (χ3n) is 6.38. The molecule has 22 heavy (non-hydrogen) atoms. The summed E-state index contributed by atoms with van der Waals surface area (Å²) in [5.41, 5.74) is 0.550. The van der Waals surface area contributed by atoms with E-state index in [1.165, 1.54) is 51.4 Å². The summed E-state index contributed by atoms with van der Waals surface area (Å²) in [4.78, 5) is 0. The van der Waals surface area contributed by atoms with E-state index in [1.807, 2.05) is 0 Å². The number of thiocarbonyl (C=S) groups is 1. The lowest BCUT2D eigenvalue weighted by Gasteiger charge is -2.59. The van der Waals surface area contributed by atoms with Crippen LogP contribution in [0.25, 0.3) is 0 Å². The number of hydrogen-bond acceptors (Lipinski definition) is 1. The van der Waals surface area contributed by atoms with Gasteiger partial charge in [-0.1, -0.05) is 27.2 Å². The molecule has 126 valence electrons. The van der Waals surface area contributed by atoms with Crippen molar-refractivity contribution in [2.24, 2.45) is 29.1 Å². The van der Waals surface area contributed by atoms with Gasteiger partial charge in [-0.15, -0.1) is 0 Å². The van der Waals surface area contributed by atoms with E-state index < -0.39 is 0 Å². The fourth-order valence-corrected chi connectivity index (χ4v) is 6.16. The standard InChI is InChI=1S/C19H34N2S/c1-4-5-17(21-18(22)20-12-13(2)3)19-9-14-6-15(10-19)8-16(7-14)11-19/h13-17H,4-12H2,1-3H3,(H2,20,21,22). The van der Waals surface area contributed by atoms with E-state index in [0.717, 1.165) is 29.4 Å². The summed E-state index contributed by atoms with van der Waals surface area (Å²) in [5, 5.41) is 8.07. The summed E-state index contributed by atoms with van der Waals surface area (Å²) in [6, 6.07) is 0.595. The van der Waals surface area contributed by atoms with Crippen LogP contribution in [-0.2, 0) is 0 Å². The van der Waals surface area contributed by atoms with Gasteiger partial charge in [0.05, 0.1) is 0 Å². The molecule has 4 saturated carbocycles. The Labute approximate surface area is 142 Å². The molecule has 0 aliphatic heterocycles. The normalized spacial score (nSPS) is 37.4. The SMILES string of the molecule is CCCC(NC(=S)NCC(C)C)C12CC3CC(CC(C3)C1)C2. The molecule has 0 amide bonds. The van der Waals surface area contributed by atoms with Crippen LogP contribution in [0.3, 0.4) is 0 Å². The topological polar surface area (TPSA) is 24.1 Å². The van der Waals surface area contributed by atoms with Crippen LogP contribution in [0.4, 0.5) is 0 Å². The van der Waals surface area contributed by atoms with E-state index >= 15 is 0 Å². The van der Waals surface area contributed by atoms with Crippen molar-refractivity contribution in [1.29, 1.82) is 0 Å². The highest BCUT2D eigenvalue weighted by Crippen LogP contribution is 2.61. The molecule has 4 aliphatic carbocycles. The van der Waals surface area contributed by atoms with E-state index in [2.05, 4.69) is 31.4 Å². The van der Waals surface area contributed by atoms with Crippen LogP contribution in [0.15, 0.2) is 0 Å². The third kappa shape index (κ3) is 3.44. The average Bonchev–Trinajstić information content (AvgIpc) is 2.43. The van der Waals surface area contributed by atoms with Gasteiger partial charge in [0.1, 0.15) is 0 Å². The quantitative estimate of drug-likeness (QED) is 0.705. The maximum atomic E-state index is 5.60. The van der Waals surface area contributed by atoms with Crippen LogP contribution in [0.1, 0.15) is 72.1 Å². The van der Waals surface area contributed by atoms with Gasteiger partial charge in [-0.25, -0.2) is 0 Å². The molecule has 1 unspecified atom stereocenters. The van der Waals surface area contributed by atoms with Crippen LogP contribution < -0.4 is 10.6 Å². The molecule has 3 heteroatoms. The molecule has 4 rings (SSSR count). The molecule has 2 nitrogen and oxygen atoms in total. The van der Waals surface area contributed by atoms with Crippen molar-refractivity contribution >= 4 is 17.3 Å². The first-order valence-electron chi connectivity index (χ1n) is 9.55. The zero-order chi connectivity index (χ0) is 15.7. The van der Waals surface area contributed by atoms with Gasteiger partial charge < -0.3 is 10.6 Å². The van der Waals surface area contributed by atoms with E-state index in [4.69, 9.17) is 12.2 Å². The smallest absolute Gasteiger partial charge is 0.166 e. The predicted molar refractivity (Wildman–Crippen MR) is 97.9 cm³/mol. The van der Waals surface area contributed by atoms with Crippen molar-refractivity contribution in [2.75, 3.05) is 6.54 Å². The van der Waals surface area contributed by atoms with Crippen molar-refractivity contribution in [2.45, 2.75) is 78.2 Å². The second-order valence-electron chi connectivity index (χ2n) is 8.87. The lowest BCUT2D eigenvalue weighted by Crippen LogP contribution is -2.58. The number of rotatable bonds is 6. The Morgan fingerprint density at radius 2 is 1.64 bits per heavy atom. The molecular formula is C19H34N2S. The van der Waals surface area contributed by atoms with Crippen molar-refractivity contribution in [3.63, 3.8) is 0 Å². The van der Waals surface area contributed by atoms with Gasteiger partial charge in [-0.3, -0.25) is 0 Å². The second-order valence-corrected chi connectivity index (χ2v) is 9.28. The van der Waals surface area contributed by atoms with Crippen molar-refractivity contribution < 1.29 is 0 Å². The molecule has 0 aromatic heterocycles. The minimum Gasteiger partial charge on any atom is -0.362 e. The summed E-state index contributed by atoms with van der Waals surface area (Å²) in [5.74, 6) is 3.70. The van der Waals surface area contributed by atoms with Crippen LogP contribution in [0, 0.1) is 29.1 Å². The summed E-state index contributed by atoms with van der Waals surface area (Å²) in [6.07, 6.45) is 11.5. The maximum absolute atomic E-state index is 5.60. The summed E-state index contributed by atoms with van der Waals surface area (Å²) in [7, 11) is 0. The highest BCUT2D eigenvalue weighted by molar-refractivity contribution is 7.80. The van der Waals surface area contributed by atoms with Gasteiger partial charge >= 0.3 is 0 Å². The molecule has 4 fully saturated rings.